The lowest BCUT2D eigenvalue weighted by Gasteiger charge is -2.29. The van der Waals surface area contributed by atoms with Gasteiger partial charge >= 0.3 is 0 Å². The summed E-state index contributed by atoms with van der Waals surface area (Å²) in [7, 11) is 2.09. The smallest absolute Gasteiger partial charge is 0.122 e. The molecule has 1 atom stereocenters. The predicted octanol–water partition coefficient (Wildman–Crippen LogP) is 2.96. The van der Waals surface area contributed by atoms with E-state index in [1.165, 1.54) is 24.8 Å². The van der Waals surface area contributed by atoms with Gasteiger partial charge in [-0.25, -0.2) is 4.98 Å². The molecular formula is C21H30N4O. The number of aryl methyl sites for hydroxylation is 1. The Kier molecular flexibility index (Phi) is 5.00. The Morgan fingerprint density at radius 3 is 2.65 bits per heavy atom. The molecule has 1 aliphatic heterocycles. The summed E-state index contributed by atoms with van der Waals surface area (Å²) in [5.41, 5.74) is 1.88. The predicted molar refractivity (Wildman–Crippen MR) is 103 cm³/mol. The number of hydrogen-bond donors (Lipinski definition) is 1. The highest BCUT2D eigenvalue weighted by atomic mass is 16.5. The summed E-state index contributed by atoms with van der Waals surface area (Å²) < 4.78 is 7.72. The summed E-state index contributed by atoms with van der Waals surface area (Å²) in [4.78, 5) is 7.21. The molecule has 4 rings (SSSR count). The zero-order valence-corrected chi connectivity index (χ0v) is 15.9. The van der Waals surface area contributed by atoms with Crippen molar-refractivity contribution in [3.8, 4) is 5.75 Å². The van der Waals surface area contributed by atoms with E-state index in [-0.39, 0.29) is 0 Å². The van der Waals surface area contributed by atoms with Gasteiger partial charge in [0.05, 0.1) is 13.2 Å². The Labute approximate surface area is 156 Å². The number of imidazole rings is 1. The van der Waals surface area contributed by atoms with Gasteiger partial charge in [0.25, 0.3) is 0 Å². The van der Waals surface area contributed by atoms with Crippen LogP contribution < -0.4 is 10.1 Å². The molecule has 0 amide bonds. The van der Waals surface area contributed by atoms with Gasteiger partial charge < -0.3 is 14.6 Å². The monoisotopic (exact) mass is 354 g/mol. The van der Waals surface area contributed by atoms with Crippen LogP contribution in [0, 0.1) is 5.41 Å². The van der Waals surface area contributed by atoms with E-state index < -0.39 is 0 Å². The number of rotatable bonds is 7. The summed E-state index contributed by atoms with van der Waals surface area (Å²) in [5, 5.41) is 3.51. The fourth-order valence-electron chi connectivity index (χ4n) is 4.40. The van der Waals surface area contributed by atoms with Gasteiger partial charge in [-0.05, 0) is 62.4 Å². The Bertz CT molecular complexity index is 718. The van der Waals surface area contributed by atoms with Crippen molar-refractivity contribution < 1.29 is 4.74 Å². The largest absolute Gasteiger partial charge is 0.494 e. The quantitative estimate of drug-likeness (QED) is 0.830. The van der Waals surface area contributed by atoms with Crippen LogP contribution in [0.3, 0.4) is 0 Å². The number of benzene rings is 1. The lowest BCUT2D eigenvalue weighted by Crippen LogP contribution is -2.36. The second-order valence-electron chi connectivity index (χ2n) is 7.77. The first-order valence-electron chi connectivity index (χ1n) is 9.83. The molecule has 2 heterocycles. The van der Waals surface area contributed by atoms with E-state index in [9.17, 15) is 0 Å². The molecule has 0 bridgehead atoms. The maximum Gasteiger partial charge on any atom is 0.122 e. The van der Waals surface area contributed by atoms with Crippen LogP contribution in [0.5, 0.6) is 5.75 Å². The molecule has 2 fully saturated rings. The minimum Gasteiger partial charge on any atom is -0.494 e. The second kappa shape index (κ2) is 7.41. The van der Waals surface area contributed by atoms with Gasteiger partial charge in [0.15, 0.2) is 0 Å². The van der Waals surface area contributed by atoms with Crippen LogP contribution in [0.1, 0.15) is 37.6 Å². The zero-order valence-electron chi connectivity index (χ0n) is 15.9. The van der Waals surface area contributed by atoms with Gasteiger partial charge in [-0.3, -0.25) is 4.90 Å². The number of piperidine rings is 1. The van der Waals surface area contributed by atoms with Crippen LogP contribution in [0.25, 0.3) is 0 Å². The van der Waals surface area contributed by atoms with E-state index in [1.54, 1.807) is 0 Å². The first kappa shape index (κ1) is 17.6. The minimum absolute atomic E-state index is 0.529. The van der Waals surface area contributed by atoms with Crippen molar-refractivity contribution in [2.75, 3.05) is 19.7 Å². The van der Waals surface area contributed by atoms with Gasteiger partial charge in [0.2, 0.25) is 0 Å². The van der Waals surface area contributed by atoms with Crippen LogP contribution in [0.2, 0.25) is 0 Å². The van der Waals surface area contributed by atoms with Gasteiger partial charge in [-0.1, -0.05) is 12.1 Å². The molecule has 140 valence electrons. The van der Waals surface area contributed by atoms with E-state index in [0.29, 0.717) is 18.1 Å². The fourth-order valence-corrected chi connectivity index (χ4v) is 4.40. The molecule has 5 heteroatoms. The average Bonchev–Trinajstić information content (AvgIpc) is 3.18. The van der Waals surface area contributed by atoms with E-state index in [4.69, 9.17) is 4.74 Å². The molecule has 0 unspecified atom stereocenters. The SMILES string of the molecule is CCOc1ccc(CN(Cc2nccn2C)[C@H]2CC23CCNCC3)cc1. The molecule has 1 spiro atoms. The fraction of sp³-hybridized carbons (Fsp3) is 0.571. The Morgan fingerprint density at radius 1 is 1.23 bits per heavy atom. The average molecular weight is 354 g/mol. The summed E-state index contributed by atoms with van der Waals surface area (Å²) in [6, 6.07) is 9.26. The molecule has 5 nitrogen and oxygen atoms in total. The molecule has 1 aliphatic carbocycles. The maximum atomic E-state index is 5.58. The molecule has 0 radical (unpaired) electrons. The van der Waals surface area contributed by atoms with Crippen LogP contribution in [-0.2, 0) is 20.1 Å². The zero-order chi connectivity index (χ0) is 18.0. The Balaban J connectivity index is 1.50. The van der Waals surface area contributed by atoms with E-state index in [2.05, 4.69) is 51.1 Å². The van der Waals surface area contributed by atoms with Crippen LogP contribution in [0.4, 0.5) is 0 Å². The van der Waals surface area contributed by atoms with Crippen molar-refractivity contribution in [1.29, 1.82) is 0 Å². The first-order chi connectivity index (χ1) is 12.7. The minimum atomic E-state index is 0.529. The molecular weight excluding hydrogens is 324 g/mol. The topological polar surface area (TPSA) is 42.3 Å². The highest BCUT2D eigenvalue weighted by molar-refractivity contribution is 5.27. The number of nitrogens with zero attached hydrogens (tertiary/aromatic N) is 3. The maximum absolute atomic E-state index is 5.58. The van der Waals surface area contributed by atoms with Crippen molar-refractivity contribution in [3.05, 3.63) is 48.0 Å². The summed E-state index contributed by atoms with van der Waals surface area (Å²) >= 11 is 0. The van der Waals surface area contributed by atoms with Gasteiger partial charge in [-0.15, -0.1) is 0 Å². The van der Waals surface area contributed by atoms with Crippen molar-refractivity contribution in [3.63, 3.8) is 0 Å². The Morgan fingerprint density at radius 2 is 2.00 bits per heavy atom. The standard InChI is InChI=1S/C21H30N4O/c1-3-26-18-6-4-17(5-7-18)15-25(16-20-23-12-13-24(20)2)19-14-21(19)8-10-22-11-9-21/h4-7,12-13,19,22H,3,8-11,14-16H2,1-2H3/t19-/m0/s1. The van der Waals surface area contributed by atoms with Crippen LogP contribution in [0.15, 0.2) is 36.7 Å². The number of aromatic nitrogens is 2. The lowest BCUT2D eigenvalue weighted by molar-refractivity contribution is 0.182. The third-order valence-corrected chi connectivity index (χ3v) is 6.07. The highest BCUT2D eigenvalue weighted by Gasteiger charge is 2.56. The van der Waals surface area contributed by atoms with Gasteiger partial charge in [0, 0.05) is 32.0 Å². The third kappa shape index (κ3) is 3.64. The summed E-state index contributed by atoms with van der Waals surface area (Å²) in [6.07, 6.45) is 7.88. The molecule has 1 saturated carbocycles. The molecule has 1 saturated heterocycles. The molecule has 1 N–H and O–H groups in total. The van der Waals surface area contributed by atoms with Crippen LogP contribution >= 0.6 is 0 Å². The second-order valence-corrected chi connectivity index (χ2v) is 7.77. The molecule has 26 heavy (non-hydrogen) atoms. The van der Waals surface area contributed by atoms with Gasteiger partial charge in [-0.2, -0.15) is 0 Å². The molecule has 2 aromatic rings. The van der Waals surface area contributed by atoms with E-state index >= 15 is 0 Å². The first-order valence-corrected chi connectivity index (χ1v) is 9.83. The third-order valence-electron chi connectivity index (χ3n) is 6.07. The molecule has 2 aliphatic rings. The molecule has 1 aromatic heterocycles. The Hall–Kier alpha value is -1.85. The van der Waals surface area contributed by atoms with E-state index in [0.717, 1.165) is 37.8 Å². The van der Waals surface area contributed by atoms with Crippen molar-refractivity contribution >= 4 is 0 Å². The highest BCUT2D eigenvalue weighted by Crippen LogP contribution is 2.56. The normalized spacial score (nSPS) is 21.3. The van der Waals surface area contributed by atoms with Crippen molar-refractivity contribution in [1.82, 2.24) is 19.8 Å². The summed E-state index contributed by atoms with van der Waals surface area (Å²) in [6.45, 7) is 6.94. The number of hydrogen-bond acceptors (Lipinski definition) is 4. The van der Waals surface area contributed by atoms with E-state index in [1.807, 2.05) is 19.3 Å². The lowest BCUT2D eigenvalue weighted by atomic mass is 9.93. The van der Waals surface area contributed by atoms with Crippen molar-refractivity contribution in [2.45, 2.75) is 45.3 Å². The van der Waals surface area contributed by atoms with Crippen LogP contribution in [-0.4, -0.2) is 40.2 Å². The van der Waals surface area contributed by atoms with Gasteiger partial charge in [0.1, 0.15) is 11.6 Å². The molecule has 1 aromatic carbocycles. The number of ether oxygens (including phenoxy) is 1. The van der Waals surface area contributed by atoms with Crippen molar-refractivity contribution in [2.24, 2.45) is 12.5 Å². The summed E-state index contributed by atoms with van der Waals surface area (Å²) in [5.74, 6) is 2.10. The number of nitrogens with one attached hydrogen (secondary N) is 1.